The number of carbonyl (C=O) groups excluding carboxylic acids is 1. The molecule has 2 atom stereocenters. The molecule has 1 aromatic heterocycles. The summed E-state index contributed by atoms with van der Waals surface area (Å²) in [5.74, 6) is -0.609. The van der Waals surface area contributed by atoms with Crippen molar-refractivity contribution in [1.29, 1.82) is 0 Å². The van der Waals surface area contributed by atoms with Crippen molar-refractivity contribution in [1.82, 2.24) is 9.62 Å². The molecule has 2 rings (SSSR count). The van der Waals surface area contributed by atoms with Crippen molar-refractivity contribution in [2.24, 2.45) is 0 Å². The first-order valence-corrected chi connectivity index (χ1v) is 9.04. The second kappa shape index (κ2) is 6.04. The summed E-state index contributed by atoms with van der Waals surface area (Å²) in [7, 11) is -2.46. The molecule has 0 aromatic carbocycles. The number of nitrogens with one attached hydrogen (secondary N) is 1. The van der Waals surface area contributed by atoms with Crippen LogP contribution < -0.4 is 5.32 Å². The molecule has 1 saturated heterocycles. The smallest absolute Gasteiger partial charge is 0.349 e. The van der Waals surface area contributed by atoms with Gasteiger partial charge in [-0.3, -0.25) is 0 Å². The molecule has 0 amide bonds. The van der Waals surface area contributed by atoms with E-state index in [1.807, 2.05) is 13.8 Å². The lowest BCUT2D eigenvalue weighted by Gasteiger charge is -2.37. The molecule has 0 spiro atoms. The average Bonchev–Trinajstić information content (AvgIpc) is 2.83. The van der Waals surface area contributed by atoms with E-state index in [0.717, 1.165) is 11.3 Å². The van der Waals surface area contributed by atoms with E-state index < -0.39 is 16.0 Å². The van der Waals surface area contributed by atoms with E-state index in [0.29, 0.717) is 18.7 Å². The minimum atomic E-state index is -3.71. The van der Waals surface area contributed by atoms with Gasteiger partial charge in [0.1, 0.15) is 9.77 Å². The van der Waals surface area contributed by atoms with E-state index in [9.17, 15) is 13.2 Å². The third-order valence-electron chi connectivity index (χ3n) is 3.83. The van der Waals surface area contributed by atoms with Gasteiger partial charge < -0.3 is 10.1 Å². The highest BCUT2D eigenvalue weighted by Gasteiger charge is 2.38. The zero-order chi connectivity index (χ0) is 15.8. The van der Waals surface area contributed by atoms with Crippen LogP contribution in [0, 0.1) is 6.92 Å². The van der Waals surface area contributed by atoms with Crippen molar-refractivity contribution >= 4 is 27.3 Å². The molecule has 0 aliphatic carbocycles. The van der Waals surface area contributed by atoms with Crippen molar-refractivity contribution in [2.45, 2.75) is 37.8 Å². The van der Waals surface area contributed by atoms with Crippen LogP contribution in [0.2, 0.25) is 0 Å². The Morgan fingerprint density at radius 2 is 2.14 bits per heavy atom. The van der Waals surface area contributed by atoms with Crippen LogP contribution in [0.5, 0.6) is 0 Å². The Bertz CT molecular complexity index is 639. The van der Waals surface area contributed by atoms with Gasteiger partial charge >= 0.3 is 5.97 Å². The van der Waals surface area contributed by atoms with Crippen molar-refractivity contribution in [3.05, 3.63) is 15.8 Å². The summed E-state index contributed by atoms with van der Waals surface area (Å²) in [5, 5.41) is 4.92. The molecule has 8 heteroatoms. The third kappa shape index (κ3) is 2.85. The Hall–Kier alpha value is -0.960. The molecule has 2 heterocycles. The molecule has 0 radical (unpaired) electrons. The number of thiophene rings is 1. The van der Waals surface area contributed by atoms with Gasteiger partial charge in [-0.2, -0.15) is 4.31 Å². The molecule has 1 fully saturated rings. The lowest BCUT2D eigenvalue weighted by Crippen LogP contribution is -2.57. The second-order valence-electron chi connectivity index (χ2n) is 5.17. The number of methoxy groups -OCH3 is 1. The van der Waals surface area contributed by atoms with E-state index in [4.69, 9.17) is 4.74 Å². The molecule has 0 bridgehead atoms. The predicted molar refractivity (Wildman–Crippen MR) is 81.2 cm³/mol. The summed E-state index contributed by atoms with van der Waals surface area (Å²) in [6, 6.07) is -0.109. The topological polar surface area (TPSA) is 75.7 Å². The van der Waals surface area contributed by atoms with Gasteiger partial charge in [0.25, 0.3) is 0 Å². The number of ether oxygens (including phenoxy) is 1. The monoisotopic (exact) mass is 332 g/mol. The van der Waals surface area contributed by atoms with Crippen molar-refractivity contribution < 1.29 is 17.9 Å². The molecule has 1 aliphatic heterocycles. The van der Waals surface area contributed by atoms with Gasteiger partial charge in [0.2, 0.25) is 10.0 Å². The van der Waals surface area contributed by atoms with Gasteiger partial charge in [-0.1, -0.05) is 0 Å². The van der Waals surface area contributed by atoms with Gasteiger partial charge in [0.15, 0.2) is 0 Å². The first-order valence-electron chi connectivity index (χ1n) is 6.72. The van der Waals surface area contributed by atoms with Gasteiger partial charge in [-0.25, -0.2) is 13.2 Å². The minimum Gasteiger partial charge on any atom is -0.465 e. The van der Waals surface area contributed by atoms with Crippen molar-refractivity contribution in [3.63, 3.8) is 0 Å². The lowest BCUT2D eigenvalue weighted by atomic mass is 10.1. The van der Waals surface area contributed by atoms with Crippen LogP contribution in [-0.2, 0) is 14.8 Å². The quantitative estimate of drug-likeness (QED) is 0.842. The van der Waals surface area contributed by atoms with E-state index in [1.165, 1.54) is 11.4 Å². The number of nitrogens with zero attached hydrogens (tertiary/aromatic N) is 1. The number of hydrogen-bond acceptors (Lipinski definition) is 6. The molecule has 1 aliphatic rings. The molecular formula is C13H20N2O4S2. The van der Waals surface area contributed by atoms with E-state index in [-0.39, 0.29) is 21.9 Å². The lowest BCUT2D eigenvalue weighted by molar-refractivity contribution is 0.0602. The first-order chi connectivity index (χ1) is 9.80. The normalized spacial score (nSPS) is 24.0. The predicted octanol–water partition coefficient (Wildman–Crippen LogP) is 1.21. The van der Waals surface area contributed by atoms with Crippen molar-refractivity contribution in [3.8, 4) is 0 Å². The van der Waals surface area contributed by atoms with Crippen LogP contribution in [0.4, 0.5) is 0 Å². The van der Waals surface area contributed by atoms with Gasteiger partial charge in [-0.05, 0) is 31.7 Å². The van der Waals surface area contributed by atoms with Crippen LogP contribution in [0.1, 0.15) is 29.1 Å². The van der Waals surface area contributed by atoms with Gasteiger partial charge in [0, 0.05) is 25.2 Å². The molecule has 0 saturated carbocycles. The highest BCUT2D eigenvalue weighted by atomic mass is 32.2. The maximum Gasteiger partial charge on any atom is 0.349 e. The largest absolute Gasteiger partial charge is 0.465 e. The minimum absolute atomic E-state index is 0.0639. The van der Waals surface area contributed by atoms with Crippen LogP contribution in [0.25, 0.3) is 0 Å². The fourth-order valence-corrected chi connectivity index (χ4v) is 5.83. The molecule has 1 aromatic rings. The fraction of sp³-hybridized carbons (Fsp3) is 0.615. The molecule has 118 valence electrons. The Labute approximate surface area is 129 Å². The molecule has 21 heavy (non-hydrogen) atoms. The molecule has 1 N–H and O–H groups in total. The maximum absolute atomic E-state index is 13.0. The first kappa shape index (κ1) is 16.4. The Morgan fingerprint density at radius 3 is 2.76 bits per heavy atom. The number of rotatable bonds is 3. The Morgan fingerprint density at radius 1 is 1.48 bits per heavy atom. The maximum atomic E-state index is 13.0. The molecule has 2 unspecified atom stereocenters. The summed E-state index contributed by atoms with van der Waals surface area (Å²) in [6.45, 7) is 6.51. The van der Waals surface area contributed by atoms with E-state index in [1.54, 1.807) is 12.3 Å². The summed E-state index contributed by atoms with van der Waals surface area (Å²) in [6.07, 6.45) is 0. The van der Waals surface area contributed by atoms with Crippen molar-refractivity contribution in [2.75, 3.05) is 20.2 Å². The zero-order valence-electron chi connectivity index (χ0n) is 12.5. The summed E-state index contributed by atoms with van der Waals surface area (Å²) < 4.78 is 32.1. The number of hydrogen-bond donors (Lipinski definition) is 1. The second-order valence-corrected chi connectivity index (χ2v) is 7.87. The summed E-state index contributed by atoms with van der Waals surface area (Å²) in [4.78, 5) is 12.0. The third-order valence-corrected chi connectivity index (χ3v) is 7.21. The highest BCUT2D eigenvalue weighted by Crippen LogP contribution is 2.31. The highest BCUT2D eigenvalue weighted by molar-refractivity contribution is 7.89. The van der Waals surface area contributed by atoms with Crippen LogP contribution in [0.3, 0.4) is 0 Å². The number of carbonyl (C=O) groups is 1. The standard InChI is InChI=1S/C13H20N2O4S2/c1-8-7-20-11(13(16)19-4)12(8)21(17,18)15-6-5-14-9(2)10(15)3/h7,9-10,14H,5-6H2,1-4H3. The fourth-order valence-electron chi connectivity index (χ4n) is 2.47. The van der Waals surface area contributed by atoms with Crippen LogP contribution >= 0.6 is 11.3 Å². The number of sulfonamides is 1. The van der Waals surface area contributed by atoms with Gasteiger partial charge in [0.05, 0.1) is 7.11 Å². The summed E-state index contributed by atoms with van der Waals surface area (Å²) >= 11 is 1.11. The zero-order valence-corrected chi connectivity index (χ0v) is 14.2. The summed E-state index contributed by atoms with van der Waals surface area (Å²) in [5.41, 5.74) is 0.582. The van der Waals surface area contributed by atoms with E-state index in [2.05, 4.69) is 5.32 Å². The molecule has 6 nitrogen and oxygen atoms in total. The molecular weight excluding hydrogens is 312 g/mol. The number of aryl methyl sites for hydroxylation is 1. The SMILES string of the molecule is COC(=O)c1scc(C)c1S(=O)(=O)N1CCNC(C)C1C. The number of piperazine rings is 1. The van der Waals surface area contributed by atoms with E-state index >= 15 is 0 Å². The average molecular weight is 332 g/mol. The van der Waals surface area contributed by atoms with Crippen LogP contribution in [0.15, 0.2) is 10.3 Å². The van der Waals surface area contributed by atoms with Crippen LogP contribution in [-0.4, -0.2) is 51.0 Å². The Balaban J connectivity index is 2.49. The van der Waals surface area contributed by atoms with Gasteiger partial charge in [-0.15, -0.1) is 11.3 Å². The Kier molecular flexibility index (Phi) is 4.72. The number of esters is 1.